The molecule has 0 amide bonds. The van der Waals surface area contributed by atoms with Crippen LogP contribution in [-0.4, -0.2) is 35.2 Å². The van der Waals surface area contributed by atoms with Gasteiger partial charge in [0.05, 0.1) is 0 Å². The molecule has 0 aromatic rings. The van der Waals surface area contributed by atoms with Gasteiger partial charge in [0.1, 0.15) is 6.42 Å². The van der Waals surface area contributed by atoms with Gasteiger partial charge in [-0.05, 0) is 0 Å². The van der Waals surface area contributed by atoms with E-state index < -0.39 is 18.4 Å². The van der Waals surface area contributed by atoms with Crippen LogP contribution in [-0.2, 0) is 30.7 Å². The van der Waals surface area contributed by atoms with Crippen molar-refractivity contribution in [1.82, 2.24) is 0 Å². The van der Waals surface area contributed by atoms with Crippen molar-refractivity contribution in [2.75, 3.05) is 13.1 Å². The summed E-state index contributed by atoms with van der Waals surface area (Å²) in [6, 6.07) is 0. The zero-order valence-corrected chi connectivity index (χ0v) is 8.58. The Balaban J connectivity index is -0.000000142. The van der Waals surface area contributed by atoms with Crippen molar-refractivity contribution in [2.45, 2.75) is 6.42 Å². The summed E-state index contributed by atoms with van der Waals surface area (Å²) in [5.41, 5.74) is 9.81. The van der Waals surface area contributed by atoms with E-state index >= 15 is 0 Å². The molecule has 0 aliphatic carbocycles. The van der Waals surface area contributed by atoms with Crippen LogP contribution in [0.25, 0.3) is 0 Å². The molecular formula is C5H12N2O4Pt. The number of hydrogen-bond donors (Lipinski definition) is 4. The number of hydrogen-bond acceptors (Lipinski definition) is 4. The van der Waals surface area contributed by atoms with Crippen LogP contribution in [0.4, 0.5) is 0 Å². The van der Waals surface area contributed by atoms with Crippen LogP contribution < -0.4 is 11.5 Å². The molecule has 0 aliphatic rings. The van der Waals surface area contributed by atoms with Gasteiger partial charge in [0, 0.05) is 34.2 Å². The van der Waals surface area contributed by atoms with E-state index in [2.05, 4.69) is 0 Å². The van der Waals surface area contributed by atoms with Crippen LogP contribution in [0.3, 0.4) is 0 Å². The topological polar surface area (TPSA) is 127 Å². The van der Waals surface area contributed by atoms with Gasteiger partial charge in [-0.1, -0.05) is 0 Å². The summed E-state index contributed by atoms with van der Waals surface area (Å²) in [6.07, 6.45) is -0.806. The maximum Gasteiger partial charge on any atom is 0.314 e. The normalized spacial score (nSPS) is 7.17. The van der Waals surface area contributed by atoms with Gasteiger partial charge in [-0.25, -0.2) is 0 Å². The molecule has 0 aromatic heterocycles. The maximum absolute atomic E-state index is 9.43. The standard InChI is InChI=1S/C3H4O4.C2H8N2.Pt/c4-2(5)1-3(6)7;3-1-2-4;/h1H2,(H,4,5)(H,6,7);1-4H2;. The van der Waals surface area contributed by atoms with Crippen molar-refractivity contribution in [1.29, 1.82) is 0 Å². The Labute approximate surface area is 84.2 Å². The summed E-state index contributed by atoms with van der Waals surface area (Å²) >= 11 is 0. The number of carboxylic acid groups (broad SMARTS) is 2. The molecule has 0 saturated heterocycles. The van der Waals surface area contributed by atoms with E-state index in [9.17, 15) is 9.59 Å². The maximum atomic E-state index is 9.43. The number of carbonyl (C=O) groups is 2. The summed E-state index contributed by atoms with van der Waals surface area (Å²) in [4.78, 5) is 18.9. The average molecular weight is 359 g/mol. The van der Waals surface area contributed by atoms with E-state index in [4.69, 9.17) is 21.7 Å². The van der Waals surface area contributed by atoms with E-state index in [1.807, 2.05) is 0 Å². The van der Waals surface area contributed by atoms with Crippen LogP contribution in [0, 0.1) is 0 Å². The fraction of sp³-hybridized carbons (Fsp3) is 0.600. The Morgan fingerprint density at radius 3 is 1.25 bits per heavy atom. The minimum absolute atomic E-state index is 0. The molecule has 0 aliphatic heterocycles. The predicted molar refractivity (Wildman–Crippen MR) is 38.0 cm³/mol. The summed E-state index contributed by atoms with van der Waals surface area (Å²) in [5, 5.41) is 15.4. The first-order valence-corrected chi connectivity index (χ1v) is 2.88. The zero-order valence-electron chi connectivity index (χ0n) is 6.30. The van der Waals surface area contributed by atoms with Crippen LogP contribution in [0.15, 0.2) is 0 Å². The third kappa shape index (κ3) is 33.7. The van der Waals surface area contributed by atoms with Crippen molar-refractivity contribution < 1.29 is 40.9 Å². The van der Waals surface area contributed by atoms with Crippen LogP contribution in [0.5, 0.6) is 0 Å². The molecular weight excluding hydrogens is 347 g/mol. The SMILES string of the molecule is NCCN.O=C(O)CC(=O)O.[Pt]. The number of rotatable bonds is 3. The van der Waals surface area contributed by atoms with Gasteiger partial charge >= 0.3 is 11.9 Å². The van der Waals surface area contributed by atoms with E-state index in [0.717, 1.165) is 0 Å². The molecule has 7 heteroatoms. The Bertz CT molecular complexity index is 117. The first-order valence-electron chi connectivity index (χ1n) is 2.88. The van der Waals surface area contributed by atoms with Crippen molar-refractivity contribution in [3.8, 4) is 0 Å². The Kier molecular flexibility index (Phi) is 19.3. The first-order chi connectivity index (χ1) is 5.04. The quantitative estimate of drug-likeness (QED) is 0.452. The average Bonchev–Trinajstić information content (AvgIpc) is 1.85. The number of carboxylic acids is 2. The molecule has 0 fully saturated rings. The fourth-order valence-corrected chi connectivity index (χ4v) is 0.129. The minimum atomic E-state index is -1.31. The van der Waals surface area contributed by atoms with Gasteiger partial charge in [0.25, 0.3) is 0 Å². The van der Waals surface area contributed by atoms with E-state index in [1.54, 1.807) is 0 Å². The van der Waals surface area contributed by atoms with Crippen molar-refractivity contribution in [2.24, 2.45) is 11.5 Å². The smallest absolute Gasteiger partial charge is 0.314 e. The Morgan fingerprint density at radius 2 is 1.25 bits per heavy atom. The molecule has 0 rings (SSSR count). The molecule has 0 heterocycles. The Morgan fingerprint density at radius 1 is 1.00 bits per heavy atom. The van der Waals surface area contributed by atoms with E-state index in [0.29, 0.717) is 13.1 Å². The van der Waals surface area contributed by atoms with Crippen LogP contribution in [0.1, 0.15) is 6.42 Å². The van der Waals surface area contributed by atoms with Gasteiger partial charge in [-0.15, -0.1) is 0 Å². The first kappa shape index (κ1) is 17.6. The molecule has 0 radical (unpaired) electrons. The molecule has 0 aromatic carbocycles. The molecule has 0 spiro atoms. The monoisotopic (exact) mass is 359 g/mol. The predicted octanol–water partition coefficient (Wildman–Crippen LogP) is -1.55. The second-order valence-electron chi connectivity index (χ2n) is 1.54. The van der Waals surface area contributed by atoms with Gasteiger partial charge in [-0.2, -0.15) is 0 Å². The fourth-order valence-electron chi connectivity index (χ4n) is 0.129. The largest absolute Gasteiger partial charge is 0.481 e. The van der Waals surface area contributed by atoms with Gasteiger partial charge < -0.3 is 21.7 Å². The van der Waals surface area contributed by atoms with Gasteiger partial charge in [0.2, 0.25) is 0 Å². The minimum Gasteiger partial charge on any atom is -0.481 e. The molecule has 6 N–H and O–H groups in total. The van der Waals surface area contributed by atoms with Crippen molar-refractivity contribution in [3.05, 3.63) is 0 Å². The van der Waals surface area contributed by atoms with E-state index in [-0.39, 0.29) is 21.1 Å². The second-order valence-corrected chi connectivity index (χ2v) is 1.54. The number of nitrogens with two attached hydrogens (primary N) is 2. The third-order valence-electron chi connectivity index (χ3n) is 0.469. The summed E-state index contributed by atoms with van der Waals surface area (Å²) in [7, 11) is 0. The molecule has 12 heavy (non-hydrogen) atoms. The van der Waals surface area contributed by atoms with Gasteiger partial charge in [0.15, 0.2) is 0 Å². The Hall–Kier alpha value is -0.452. The molecule has 0 saturated carbocycles. The molecule has 0 atom stereocenters. The summed E-state index contributed by atoms with van der Waals surface area (Å²) < 4.78 is 0. The third-order valence-corrected chi connectivity index (χ3v) is 0.469. The molecule has 0 unspecified atom stereocenters. The molecule has 0 bridgehead atoms. The second kappa shape index (κ2) is 13.2. The van der Waals surface area contributed by atoms with E-state index in [1.165, 1.54) is 0 Å². The van der Waals surface area contributed by atoms with Crippen molar-refractivity contribution >= 4 is 11.9 Å². The summed E-state index contributed by atoms with van der Waals surface area (Å²) in [5.74, 6) is -2.62. The number of aliphatic carboxylic acids is 2. The summed E-state index contributed by atoms with van der Waals surface area (Å²) in [6.45, 7) is 1.19. The van der Waals surface area contributed by atoms with Crippen LogP contribution >= 0.6 is 0 Å². The van der Waals surface area contributed by atoms with Crippen LogP contribution in [0.2, 0.25) is 0 Å². The molecule has 76 valence electrons. The van der Waals surface area contributed by atoms with Crippen molar-refractivity contribution in [3.63, 3.8) is 0 Å². The zero-order chi connectivity index (χ0) is 9.28. The van der Waals surface area contributed by atoms with Gasteiger partial charge in [-0.3, -0.25) is 9.59 Å². The molecule has 6 nitrogen and oxygen atoms in total.